The average molecular weight is 376 g/mol. The molecule has 3 rings (SSSR count). The van der Waals surface area contributed by atoms with E-state index in [0.29, 0.717) is 19.1 Å². The Morgan fingerprint density at radius 1 is 1.26 bits per heavy atom. The van der Waals surface area contributed by atoms with Gasteiger partial charge in [-0.15, -0.1) is 0 Å². The molecule has 27 heavy (non-hydrogen) atoms. The number of nitrogens with zero attached hydrogens (tertiary/aromatic N) is 1. The van der Waals surface area contributed by atoms with E-state index in [-0.39, 0.29) is 5.91 Å². The monoisotopic (exact) mass is 376 g/mol. The maximum absolute atomic E-state index is 12.7. The predicted molar refractivity (Wildman–Crippen MR) is 105 cm³/mol. The molecule has 0 aromatic heterocycles. The Kier molecular flexibility index (Phi) is 7.10. The van der Waals surface area contributed by atoms with E-state index in [1.165, 1.54) is 0 Å². The fourth-order valence-electron chi connectivity index (χ4n) is 3.50. The summed E-state index contributed by atoms with van der Waals surface area (Å²) in [6.07, 6.45) is 3.11. The second-order valence-electron chi connectivity index (χ2n) is 7.45. The minimum atomic E-state index is -0.733. The highest BCUT2D eigenvalue weighted by atomic mass is 16.5. The van der Waals surface area contributed by atoms with Crippen LogP contribution in [0.4, 0.5) is 5.69 Å². The van der Waals surface area contributed by atoms with Gasteiger partial charge in [-0.3, -0.25) is 9.69 Å². The van der Waals surface area contributed by atoms with Crippen LogP contribution >= 0.6 is 0 Å². The Balaban J connectivity index is 1.42. The zero-order valence-corrected chi connectivity index (χ0v) is 16.5. The van der Waals surface area contributed by atoms with Crippen LogP contribution in [-0.2, 0) is 14.3 Å². The van der Waals surface area contributed by atoms with Crippen molar-refractivity contribution >= 4 is 11.6 Å². The van der Waals surface area contributed by atoms with Gasteiger partial charge in [0.1, 0.15) is 11.4 Å². The summed E-state index contributed by atoms with van der Waals surface area (Å²) in [4.78, 5) is 15.1. The maximum atomic E-state index is 12.7. The Bertz CT molecular complexity index is 597. The summed E-state index contributed by atoms with van der Waals surface area (Å²) in [6, 6.07) is 7.57. The van der Waals surface area contributed by atoms with Gasteiger partial charge in [0, 0.05) is 31.9 Å². The summed E-state index contributed by atoms with van der Waals surface area (Å²) in [6.45, 7) is 9.77. The van der Waals surface area contributed by atoms with Gasteiger partial charge in [-0.1, -0.05) is 0 Å². The second kappa shape index (κ2) is 9.53. The van der Waals surface area contributed by atoms with Crippen molar-refractivity contribution in [3.8, 4) is 5.75 Å². The summed E-state index contributed by atoms with van der Waals surface area (Å²) < 4.78 is 16.9. The first-order valence-electron chi connectivity index (χ1n) is 10.1. The smallest absolute Gasteiger partial charge is 0.256 e. The molecule has 1 saturated heterocycles. The number of carbonyl (C=O) groups excluding carboxylic acids is 1. The third kappa shape index (κ3) is 5.67. The number of anilines is 1. The van der Waals surface area contributed by atoms with E-state index in [4.69, 9.17) is 14.2 Å². The molecule has 0 bridgehead atoms. The van der Waals surface area contributed by atoms with Crippen LogP contribution in [0.15, 0.2) is 24.3 Å². The van der Waals surface area contributed by atoms with Crippen LogP contribution in [0.3, 0.4) is 0 Å². The van der Waals surface area contributed by atoms with E-state index in [1.54, 1.807) is 0 Å². The Labute approximate surface area is 162 Å². The van der Waals surface area contributed by atoms with Crippen LogP contribution < -0.4 is 10.1 Å². The van der Waals surface area contributed by atoms with Crippen molar-refractivity contribution in [3.05, 3.63) is 24.3 Å². The fraction of sp³-hybridized carbons (Fsp3) is 0.667. The summed E-state index contributed by atoms with van der Waals surface area (Å²) in [5.74, 6) is 1.09. The molecule has 1 heterocycles. The zero-order chi connectivity index (χ0) is 19.1. The highest BCUT2D eigenvalue weighted by Gasteiger charge is 2.48. The summed E-state index contributed by atoms with van der Waals surface area (Å²) in [7, 11) is 0. The van der Waals surface area contributed by atoms with Crippen molar-refractivity contribution < 1.29 is 19.0 Å². The lowest BCUT2D eigenvalue weighted by atomic mass is 9.99. The summed E-state index contributed by atoms with van der Waals surface area (Å²) >= 11 is 0. The number of nitrogens with one attached hydrogen (secondary N) is 1. The molecular weight excluding hydrogens is 344 g/mol. The lowest BCUT2D eigenvalue weighted by Crippen LogP contribution is -2.44. The molecule has 1 atom stereocenters. The van der Waals surface area contributed by atoms with Gasteiger partial charge in [-0.25, -0.2) is 0 Å². The van der Waals surface area contributed by atoms with E-state index in [1.807, 2.05) is 38.1 Å². The van der Waals surface area contributed by atoms with E-state index in [9.17, 15) is 4.79 Å². The van der Waals surface area contributed by atoms with Crippen molar-refractivity contribution in [2.45, 2.75) is 38.7 Å². The molecule has 0 radical (unpaired) electrons. The molecule has 1 aromatic rings. The Hall–Kier alpha value is -1.63. The SMILES string of the molecule is CCOC(C)(C(=O)Nc1ccc(OCCCN2CCOCC2)cc1)C1CC1. The number of hydrogen-bond donors (Lipinski definition) is 1. The van der Waals surface area contributed by atoms with Crippen LogP contribution in [0.25, 0.3) is 0 Å². The van der Waals surface area contributed by atoms with Gasteiger partial charge in [0.05, 0.1) is 19.8 Å². The molecular formula is C21H32N2O4. The largest absolute Gasteiger partial charge is 0.494 e. The molecule has 1 aromatic carbocycles. The molecule has 1 aliphatic heterocycles. The molecule has 2 fully saturated rings. The fourth-order valence-corrected chi connectivity index (χ4v) is 3.50. The minimum absolute atomic E-state index is 0.0639. The molecule has 1 N–H and O–H groups in total. The summed E-state index contributed by atoms with van der Waals surface area (Å²) in [5.41, 5.74) is 0.0379. The third-order valence-corrected chi connectivity index (χ3v) is 5.35. The normalized spacial score (nSPS) is 20.1. The zero-order valence-electron chi connectivity index (χ0n) is 16.5. The quantitative estimate of drug-likeness (QED) is 0.636. The van der Waals surface area contributed by atoms with E-state index >= 15 is 0 Å². The predicted octanol–water partition coefficient (Wildman–Crippen LogP) is 2.93. The molecule has 2 aliphatic rings. The van der Waals surface area contributed by atoms with Crippen LogP contribution in [0.1, 0.15) is 33.1 Å². The number of benzene rings is 1. The molecule has 1 saturated carbocycles. The Morgan fingerprint density at radius 3 is 2.59 bits per heavy atom. The molecule has 150 valence electrons. The second-order valence-corrected chi connectivity index (χ2v) is 7.45. The highest BCUT2D eigenvalue weighted by Crippen LogP contribution is 2.42. The van der Waals surface area contributed by atoms with Crippen molar-refractivity contribution in [2.75, 3.05) is 51.4 Å². The first kappa shape index (κ1) is 20.1. The van der Waals surface area contributed by atoms with E-state index in [0.717, 1.165) is 63.5 Å². The van der Waals surface area contributed by atoms with Crippen LogP contribution in [0, 0.1) is 5.92 Å². The van der Waals surface area contributed by atoms with E-state index < -0.39 is 5.60 Å². The van der Waals surface area contributed by atoms with Gasteiger partial charge >= 0.3 is 0 Å². The molecule has 1 aliphatic carbocycles. The lowest BCUT2D eigenvalue weighted by molar-refractivity contribution is -0.141. The standard InChI is InChI=1S/C21H32N2O4/c1-3-27-21(2,17-5-6-17)20(24)22-18-7-9-19(10-8-18)26-14-4-11-23-12-15-25-16-13-23/h7-10,17H,3-6,11-16H2,1-2H3,(H,22,24). The number of carbonyl (C=O) groups is 1. The molecule has 0 spiro atoms. The van der Waals surface area contributed by atoms with Gasteiger partial charge in [0.25, 0.3) is 5.91 Å². The van der Waals surface area contributed by atoms with Gasteiger partial charge < -0.3 is 19.5 Å². The van der Waals surface area contributed by atoms with Crippen LogP contribution in [0.5, 0.6) is 5.75 Å². The molecule has 1 unspecified atom stereocenters. The number of amides is 1. The first-order valence-corrected chi connectivity index (χ1v) is 10.1. The number of hydrogen-bond acceptors (Lipinski definition) is 5. The Morgan fingerprint density at radius 2 is 1.96 bits per heavy atom. The molecule has 1 amide bonds. The average Bonchev–Trinajstić information content (AvgIpc) is 3.53. The third-order valence-electron chi connectivity index (χ3n) is 5.35. The van der Waals surface area contributed by atoms with E-state index in [2.05, 4.69) is 10.2 Å². The minimum Gasteiger partial charge on any atom is -0.494 e. The van der Waals surface area contributed by atoms with Gasteiger partial charge in [0.2, 0.25) is 0 Å². The van der Waals surface area contributed by atoms with Gasteiger partial charge in [-0.05, 0) is 63.3 Å². The van der Waals surface area contributed by atoms with Gasteiger partial charge in [-0.2, -0.15) is 0 Å². The van der Waals surface area contributed by atoms with Crippen LogP contribution in [-0.4, -0.2) is 62.5 Å². The van der Waals surface area contributed by atoms with Crippen molar-refractivity contribution in [3.63, 3.8) is 0 Å². The highest BCUT2D eigenvalue weighted by molar-refractivity contribution is 5.97. The number of morpholine rings is 1. The van der Waals surface area contributed by atoms with Crippen molar-refractivity contribution in [1.82, 2.24) is 4.90 Å². The molecule has 6 heteroatoms. The first-order chi connectivity index (χ1) is 13.1. The van der Waals surface area contributed by atoms with Crippen LogP contribution in [0.2, 0.25) is 0 Å². The number of ether oxygens (including phenoxy) is 3. The topological polar surface area (TPSA) is 60.0 Å². The number of rotatable bonds is 10. The lowest BCUT2D eigenvalue weighted by Gasteiger charge is -2.28. The van der Waals surface area contributed by atoms with Gasteiger partial charge in [0.15, 0.2) is 0 Å². The summed E-state index contributed by atoms with van der Waals surface area (Å²) in [5, 5.41) is 2.99. The van der Waals surface area contributed by atoms with Crippen molar-refractivity contribution in [1.29, 1.82) is 0 Å². The molecule has 6 nitrogen and oxygen atoms in total. The maximum Gasteiger partial charge on any atom is 0.256 e. The van der Waals surface area contributed by atoms with Crippen molar-refractivity contribution in [2.24, 2.45) is 5.92 Å².